The van der Waals surface area contributed by atoms with Crippen LogP contribution in [0, 0.1) is 6.92 Å². The lowest BCUT2D eigenvalue weighted by atomic mass is 10.1. The van der Waals surface area contributed by atoms with E-state index in [4.69, 9.17) is 16.3 Å². The fourth-order valence-corrected chi connectivity index (χ4v) is 2.03. The standard InChI is InChI=1S/C18H16ClNO3/c1-12-6-5-7-14(10-12)17(21)20-16-9-4-3-8-15(16)18(22)23-11-13(2)19/h3-10H,2,11H2,1H3,(H,20,21). The van der Waals surface area contributed by atoms with Crippen LogP contribution in [0.5, 0.6) is 0 Å². The van der Waals surface area contributed by atoms with Crippen molar-refractivity contribution >= 4 is 29.2 Å². The molecule has 0 unspecified atom stereocenters. The van der Waals surface area contributed by atoms with Gasteiger partial charge in [0.2, 0.25) is 0 Å². The highest BCUT2D eigenvalue weighted by Gasteiger charge is 2.15. The molecule has 0 saturated carbocycles. The van der Waals surface area contributed by atoms with E-state index >= 15 is 0 Å². The molecule has 118 valence electrons. The van der Waals surface area contributed by atoms with Gasteiger partial charge in [0.25, 0.3) is 5.91 Å². The largest absolute Gasteiger partial charge is 0.456 e. The van der Waals surface area contributed by atoms with Crippen LogP contribution in [-0.4, -0.2) is 18.5 Å². The van der Waals surface area contributed by atoms with Gasteiger partial charge in [-0.2, -0.15) is 0 Å². The molecule has 0 atom stereocenters. The Balaban J connectivity index is 2.18. The highest BCUT2D eigenvalue weighted by molar-refractivity contribution is 6.29. The second-order valence-corrected chi connectivity index (χ2v) is 5.50. The summed E-state index contributed by atoms with van der Waals surface area (Å²) in [7, 11) is 0. The summed E-state index contributed by atoms with van der Waals surface area (Å²) >= 11 is 5.59. The van der Waals surface area contributed by atoms with Gasteiger partial charge in [0.05, 0.1) is 11.3 Å². The highest BCUT2D eigenvalue weighted by Crippen LogP contribution is 2.18. The lowest BCUT2D eigenvalue weighted by molar-refractivity contribution is 0.0547. The maximum Gasteiger partial charge on any atom is 0.340 e. The van der Waals surface area contributed by atoms with Crippen molar-refractivity contribution in [2.75, 3.05) is 11.9 Å². The van der Waals surface area contributed by atoms with Gasteiger partial charge in [-0.1, -0.05) is 48.0 Å². The number of esters is 1. The highest BCUT2D eigenvalue weighted by atomic mass is 35.5. The van der Waals surface area contributed by atoms with Gasteiger partial charge < -0.3 is 10.1 Å². The fourth-order valence-electron chi connectivity index (χ4n) is 1.97. The summed E-state index contributed by atoms with van der Waals surface area (Å²) in [4.78, 5) is 24.4. The van der Waals surface area contributed by atoms with Gasteiger partial charge >= 0.3 is 5.97 Å². The first-order chi connectivity index (χ1) is 11.0. The van der Waals surface area contributed by atoms with Crippen molar-refractivity contribution in [3.05, 3.63) is 76.8 Å². The van der Waals surface area contributed by atoms with E-state index in [0.29, 0.717) is 11.3 Å². The molecule has 1 N–H and O–H groups in total. The summed E-state index contributed by atoms with van der Waals surface area (Å²) in [6, 6.07) is 13.8. The molecule has 0 radical (unpaired) electrons. The Bertz CT molecular complexity index is 755. The number of carbonyl (C=O) groups excluding carboxylic acids is 2. The Kier molecular flexibility index (Phi) is 5.55. The van der Waals surface area contributed by atoms with E-state index in [9.17, 15) is 9.59 Å². The second kappa shape index (κ2) is 7.61. The molecule has 5 heteroatoms. The molecule has 1 amide bonds. The smallest absolute Gasteiger partial charge is 0.340 e. The number of anilines is 1. The zero-order chi connectivity index (χ0) is 16.8. The van der Waals surface area contributed by atoms with Gasteiger partial charge in [-0.3, -0.25) is 4.79 Å². The molecule has 0 aromatic heterocycles. The number of benzene rings is 2. The zero-order valence-corrected chi connectivity index (χ0v) is 13.4. The molecule has 0 bridgehead atoms. The third-order valence-electron chi connectivity index (χ3n) is 3.04. The Hall–Kier alpha value is -2.59. The molecule has 2 aromatic carbocycles. The molecule has 0 fully saturated rings. The molecule has 0 saturated heterocycles. The van der Waals surface area contributed by atoms with Crippen LogP contribution in [0.2, 0.25) is 0 Å². The van der Waals surface area contributed by atoms with E-state index < -0.39 is 5.97 Å². The van der Waals surface area contributed by atoms with Gasteiger partial charge in [0.15, 0.2) is 0 Å². The van der Waals surface area contributed by atoms with Crippen LogP contribution in [0.25, 0.3) is 0 Å². The number of hydrogen-bond acceptors (Lipinski definition) is 3. The molecular formula is C18H16ClNO3. The molecule has 2 aromatic rings. The second-order valence-electron chi connectivity index (χ2n) is 4.96. The van der Waals surface area contributed by atoms with Gasteiger partial charge in [0, 0.05) is 10.6 Å². The minimum Gasteiger partial charge on any atom is -0.456 e. The number of halogens is 1. The summed E-state index contributed by atoms with van der Waals surface area (Å²) in [6.45, 7) is 5.28. The third-order valence-corrected chi connectivity index (χ3v) is 3.14. The van der Waals surface area contributed by atoms with Crippen molar-refractivity contribution in [1.82, 2.24) is 0 Å². The monoisotopic (exact) mass is 329 g/mol. The first-order valence-electron chi connectivity index (χ1n) is 6.95. The number of carbonyl (C=O) groups is 2. The Morgan fingerprint density at radius 3 is 2.61 bits per heavy atom. The van der Waals surface area contributed by atoms with Crippen molar-refractivity contribution in [2.45, 2.75) is 6.92 Å². The lowest BCUT2D eigenvalue weighted by Crippen LogP contribution is -2.16. The van der Waals surface area contributed by atoms with E-state index in [2.05, 4.69) is 11.9 Å². The van der Waals surface area contributed by atoms with Crippen molar-refractivity contribution in [1.29, 1.82) is 0 Å². The van der Waals surface area contributed by atoms with E-state index in [1.807, 2.05) is 13.0 Å². The third kappa shape index (κ3) is 4.69. The van der Waals surface area contributed by atoms with E-state index in [1.165, 1.54) is 0 Å². The van der Waals surface area contributed by atoms with E-state index in [0.717, 1.165) is 5.56 Å². The first kappa shape index (κ1) is 16.8. The van der Waals surface area contributed by atoms with Gasteiger partial charge in [-0.25, -0.2) is 4.79 Å². The molecular weight excluding hydrogens is 314 g/mol. The lowest BCUT2D eigenvalue weighted by Gasteiger charge is -2.11. The molecule has 0 heterocycles. The SMILES string of the molecule is C=C(Cl)COC(=O)c1ccccc1NC(=O)c1cccc(C)c1. The zero-order valence-electron chi connectivity index (χ0n) is 12.6. The van der Waals surface area contributed by atoms with Gasteiger partial charge in [-0.05, 0) is 31.2 Å². The average Bonchev–Trinajstić information content (AvgIpc) is 2.53. The number of nitrogens with one attached hydrogen (secondary N) is 1. The number of amides is 1. The van der Waals surface area contributed by atoms with E-state index in [1.54, 1.807) is 42.5 Å². The van der Waals surface area contributed by atoms with Crippen LogP contribution in [0.15, 0.2) is 60.1 Å². The van der Waals surface area contributed by atoms with Crippen molar-refractivity contribution in [3.8, 4) is 0 Å². The predicted octanol–water partition coefficient (Wildman–Crippen LogP) is 4.16. The van der Waals surface area contributed by atoms with Crippen LogP contribution in [0.1, 0.15) is 26.3 Å². The summed E-state index contributed by atoms with van der Waals surface area (Å²) in [5.74, 6) is -0.873. The molecule has 2 rings (SSSR count). The molecule has 0 aliphatic carbocycles. The van der Waals surface area contributed by atoms with Gasteiger partial charge in [0.1, 0.15) is 6.61 Å². The maximum absolute atomic E-state index is 12.3. The topological polar surface area (TPSA) is 55.4 Å². The quantitative estimate of drug-likeness (QED) is 0.838. The summed E-state index contributed by atoms with van der Waals surface area (Å²) < 4.78 is 5.01. The predicted molar refractivity (Wildman–Crippen MR) is 90.8 cm³/mol. The molecule has 4 nitrogen and oxygen atoms in total. The number of para-hydroxylation sites is 1. The summed E-state index contributed by atoms with van der Waals surface area (Å²) in [5.41, 5.74) is 2.13. The number of rotatable bonds is 5. The summed E-state index contributed by atoms with van der Waals surface area (Å²) in [5, 5.41) is 2.95. The minimum atomic E-state index is -0.577. The van der Waals surface area contributed by atoms with Crippen molar-refractivity contribution in [2.24, 2.45) is 0 Å². The molecule has 0 spiro atoms. The number of ether oxygens (including phenoxy) is 1. The molecule has 23 heavy (non-hydrogen) atoms. The van der Waals surface area contributed by atoms with E-state index in [-0.39, 0.29) is 23.1 Å². The van der Waals surface area contributed by atoms with Crippen LogP contribution < -0.4 is 5.32 Å². The maximum atomic E-state index is 12.3. The van der Waals surface area contributed by atoms with Gasteiger partial charge in [-0.15, -0.1) is 0 Å². The molecule has 0 aliphatic heterocycles. The molecule has 0 aliphatic rings. The van der Waals surface area contributed by atoms with Crippen molar-refractivity contribution < 1.29 is 14.3 Å². The number of hydrogen-bond donors (Lipinski definition) is 1. The average molecular weight is 330 g/mol. The van der Waals surface area contributed by atoms with Crippen LogP contribution in [0.4, 0.5) is 5.69 Å². The minimum absolute atomic E-state index is 0.0828. The van der Waals surface area contributed by atoms with Crippen LogP contribution in [0.3, 0.4) is 0 Å². The fraction of sp³-hybridized carbons (Fsp3) is 0.111. The normalized spacial score (nSPS) is 10.0. The Labute approximate surface area is 139 Å². The van der Waals surface area contributed by atoms with Crippen LogP contribution >= 0.6 is 11.6 Å². The number of aryl methyl sites for hydroxylation is 1. The Morgan fingerprint density at radius 1 is 1.17 bits per heavy atom. The first-order valence-corrected chi connectivity index (χ1v) is 7.32. The van der Waals surface area contributed by atoms with Crippen LogP contribution in [-0.2, 0) is 4.74 Å². The van der Waals surface area contributed by atoms with Crippen molar-refractivity contribution in [3.63, 3.8) is 0 Å². The summed E-state index contributed by atoms with van der Waals surface area (Å²) in [6.07, 6.45) is 0. The Morgan fingerprint density at radius 2 is 1.91 bits per heavy atom.